The minimum atomic E-state index is -0.355. The third-order valence-electron chi connectivity index (χ3n) is 1.87. The quantitative estimate of drug-likeness (QED) is 0.572. The maximum Gasteiger partial charge on any atom is 0.155 e. The van der Waals surface area contributed by atoms with Crippen LogP contribution in [0.2, 0.25) is 0 Å². The topological polar surface area (TPSA) is 58.9 Å². The van der Waals surface area contributed by atoms with Crippen LogP contribution in [0.25, 0.3) is 0 Å². The lowest BCUT2D eigenvalue weighted by molar-refractivity contribution is -0.180. The summed E-state index contributed by atoms with van der Waals surface area (Å²) < 4.78 is 10.5. The van der Waals surface area contributed by atoms with E-state index < -0.39 is 0 Å². The summed E-state index contributed by atoms with van der Waals surface area (Å²) in [6, 6.07) is 0. The van der Waals surface area contributed by atoms with Gasteiger partial charge in [-0.15, -0.1) is 0 Å². The highest BCUT2D eigenvalue weighted by Gasteiger charge is 2.18. The van der Waals surface area contributed by atoms with Crippen molar-refractivity contribution in [3.05, 3.63) is 0 Å². The number of hydrogen-bond acceptors (Lipinski definition) is 4. The maximum absolute atomic E-state index is 8.95. The van der Waals surface area contributed by atoms with E-state index in [0.29, 0.717) is 6.61 Å². The number of hydrogen-bond donors (Lipinski definition) is 2. The average Bonchev–Trinajstić information content (AvgIpc) is 2.13. The second-order valence-electron chi connectivity index (χ2n) is 3.04. The molecular weight excluding hydrogens is 172 g/mol. The number of rotatable bonds is 7. The minimum Gasteiger partial charge on any atom is -0.396 e. The predicted molar refractivity (Wildman–Crippen MR) is 49.3 cm³/mol. The van der Waals surface area contributed by atoms with Crippen LogP contribution in [0.15, 0.2) is 0 Å². The van der Waals surface area contributed by atoms with Crippen molar-refractivity contribution in [1.29, 1.82) is 0 Å². The number of aliphatic hydroxyl groups is 2. The molecule has 2 N–H and O–H groups in total. The van der Waals surface area contributed by atoms with Crippen LogP contribution in [0, 0.1) is 5.92 Å². The molecule has 0 saturated heterocycles. The second-order valence-corrected chi connectivity index (χ2v) is 3.04. The molecule has 0 aromatic carbocycles. The van der Waals surface area contributed by atoms with Gasteiger partial charge in [-0.2, -0.15) is 0 Å². The summed E-state index contributed by atoms with van der Waals surface area (Å²) in [5, 5.41) is 17.8. The van der Waals surface area contributed by atoms with E-state index in [9.17, 15) is 0 Å². The molecule has 0 aliphatic rings. The van der Waals surface area contributed by atoms with Gasteiger partial charge in [0.05, 0.1) is 12.7 Å². The van der Waals surface area contributed by atoms with Crippen LogP contribution >= 0.6 is 0 Å². The molecule has 4 heteroatoms. The highest BCUT2D eigenvalue weighted by Crippen LogP contribution is 2.09. The Morgan fingerprint density at radius 1 is 1.15 bits per heavy atom. The van der Waals surface area contributed by atoms with Crippen molar-refractivity contribution < 1.29 is 19.7 Å². The highest BCUT2D eigenvalue weighted by atomic mass is 16.7. The van der Waals surface area contributed by atoms with Crippen LogP contribution in [0.4, 0.5) is 0 Å². The van der Waals surface area contributed by atoms with Crippen molar-refractivity contribution in [3.8, 4) is 0 Å². The Balaban J connectivity index is 3.82. The van der Waals surface area contributed by atoms with Crippen molar-refractivity contribution in [3.63, 3.8) is 0 Å². The summed E-state index contributed by atoms with van der Waals surface area (Å²) >= 11 is 0. The molecule has 0 radical (unpaired) electrons. The van der Waals surface area contributed by atoms with Crippen LogP contribution in [0.1, 0.15) is 20.8 Å². The summed E-state index contributed by atoms with van der Waals surface area (Å²) in [4.78, 5) is 0. The van der Waals surface area contributed by atoms with Crippen molar-refractivity contribution >= 4 is 0 Å². The van der Waals surface area contributed by atoms with Gasteiger partial charge in [0.25, 0.3) is 0 Å². The highest BCUT2D eigenvalue weighted by molar-refractivity contribution is 4.64. The summed E-state index contributed by atoms with van der Waals surface area (Å²) in [5.74, 6) is -0.0760. The first-order valence-corrected chi connectivity index (χ1v) is 4.64. The molecule has 0 aromatic rings. The molecule has 0 aliphatic carbocycles. The summed E-state index contributed by atoms with van der Waals surface area (Å²) in [7, 11) is 0. The Morgan fingerprint density at radius 2 is 1.77 bits per heavy atom. The second kappa shape index (κ2) is 7.26. The maximum atomic E-state index is 8.95. The lowest BCUT2D eigenvalue weighted by atomic mass is 10.1. The van der Waals surface area contributed by atoms with Crippen LogP contribution in [-0.2, 0) is 9.47 Å². The van der Waals surface area contributed by atoms with Crippen LogP contribution in [0.3, 0.4) is 0 Å². The first kappa shape index (κ1) is 12.8. The third-order valence-corrected chi connectivity index (χ3v) is 1.87. The molecule has 0 bridgehead atoms. The Labute approximate surface area is 79.5 Å². The number of aliphatic hydroxyl groups excluding tert-OH is 2. The average molecular weight is 192 g/mol. The van der Waals surface area contributed by atoms with Gasteiger partial charge < -0.3 is 19.7 Å². The fraction of sp³-hybridized carbons (Fsp3) is 1.00. The number of ether oxygens (including phenoxy) is 2. The van der Waals surface area contributed by atoms with E-state index in [2.05, 4.69) is 0 Å². The Hall–Kier alpha value is -0.160. The Kier molecular flexibility index (Phi) is 7.17. The van der Waals surface area contributed by atoms with Crippen molar-refractivity contribution in [1.82, 2.24) is 0 Å². The first-order valence-electron chi connectivity index (χ1n) is 4.64. The molecule has 3 atom stereocenters. The van der Waals surface area contributed by atoms with Gasteiger partial charge in [0.1, 0.15) is 0 Å². The molecule has 0 rings (SSSR count). The van der Waals surface area contributed by atoms with Gasteiger partial charge in [0.15, 0.2) is 6.29 Å². The van der Waals surface area contributed by atoms with Crippen molar-refractivity contribution in [2.24, 2.45) is 5.92 Å². The van der Waals surface area contributed by atoms with Gasteiger partial charge in [-0.25, -0.2) is 0 Å². The molecule has 0 spiro atoms. The van der Waals surface area contributed by atoms with Crippen molar-refractivity contribution in [2.45, 2.75) is 33.2 Å². The van der Waals surface area contributed by atoms with Crippen LogP contribution in [-0.4, -0.2) is 42.4 Å². The minimum absolute atomic E-state index is 0.00404. The van der Waals surface area contributed by atoms with Gasteiger partial charge in [0.2, 0.25) is 0 Å². The summed E-state index contributed by atoms with van der Waals surface area (Å²) in [6.45, 7) is 5.95. The molecule has 80 valence electrons. The van der Waals surface area contributed by atoms with Gasteiger partial charge in [-0.05, 0) is 13.8 Å². The van der Waals surface area contributed by atoms with Crippen molar-refractivity contribution in [2.75, 3.05) is 19.8 Å². The van der Waals surface area contributed by atoms with E-state index in [1.165, 1.54) is 0 Å². The molecule has 3 unspecified atom stereocenters. The molecule has 0 heterocycles. The summed E-state index contributed by atoms with van der Waals surface area (Å²) in [6.07, 6.45) is -0.692. The molecule has 0 aromatic heterocycles. The lowest BCUT2D eigenvalue weighted by Gasteiger charge is -2.24. The van der Waals surface area contributed by atoms with Gasteiger partial charge in [-0.1, -0.05) is 6.92 Å². The largest absolute Gasteiger partial charge is 0.396 e. The smallest absolute Gasteiger partial charge is 0.155 e. The van der Waals surface area contributed by atoms with Gasteiger partial charge >= 0.3 is 0 Å². The SMILES string of the molecule is CCOC(C)OC(CO)C(C)CO. The first-order chi connectivity index (χ1) is 6.15. The zero-order chi connectivity index (χ0) is 10.3. The lowest BCUT2D eigenvalue weighted by Crippen LogP contribution is -2.32. The van der Waals surface area contributed by atoms with Crippen LogP contribution < -0.4 is 0 Å². The fourth-order valence-corrected chi connectivity index (χ4v) is 0.995. The van der Waals surface area contributed by atoms with E-state index in [1.807, 2.05) is 13.8 Å². The van der Waals surface area contributed by atoms with E-state index >= 15 is 0 Å². The molecular formula is C9H20O4. The predicted octanol–water partition coefficient (Wildman–Crippen LogP) is 0.375. The Bertz CT molecular complexity index is 118. The standard InChI is InChI=1S/C9H20O4/c1-4-12-8(3)13-9(6-11)7(2)5-10/h7-11H,4-6H2,1-3H3. The molecule has 0 fully saturated rings. The van der Waals surface area contributed by atoms with Gasteiger partial charge in [0, 0.05) is 19.1 Å². The molecule has 0 amide bonds. The molecule has 0 aliphatic heterocycles. The van der Waals surface area contributed by atoms with Crippen LogP contribution in [0.5, 0.6) is 0 Å². The van der Waals surface area contributed by atoms with E-state index in [-0.39, 0.29) is 31.5 Å². The molecule has 13 heavy (non-hydrogen) atoms. The molecule has 0 saturated carbocycles. The molecule has 4 nitrogen and oxygen atoms in total. The Morgan fingerprint density at radius 3 is 2.15 bits per heavy atom. The normalized spacial score (nSPS) is 18.2. The van der Waals surface area contributed by atoms with E-state index in [4.69, 9.17) is 19.7 Å². The third kappa shape index (κ3) is 5.21. The van der Waals surface area contributed by atoms with Gasteiger partial charge in [-0.3, -0.25) is 0 Å². The fourth-order valence-electron chi connectivity index (χ4n) is 0.995. The zero-order valence-electron chi connectivity index (χ0n) is 8.56. The van der Waals surface area contributed by atoms with E-state index in [1.54, 1.807) is 6.92 Å². The van der Waals surface area contributed by atoms with E-state index in [0.717, 1.165) is 0 Å². The zero-order valence-corrected chi connectivity index (χ0v) is 8.56. The monoisotopic (exact) mass is 192 g/mol. The summed E-state index contributed by atoms with van der Waals surface area (Å²) in [5.41, 5.74) is 0.